The zero-order valence-corrected chi connectivity index (χ0v) is 19.5. The minimum atomic E-state index is 0.0247. The smallest absolute Gasteiger partial charge is 0.260 e. The number of anilines is 1. The Kier molecular flexibility index (Phi) is 7.33. The van der Waals surface area contributed by atoms with Gasteiger partial charge in [-0.3, -0.25) is 9.69 Å². The van der Waals surface area contributed by atoms with Crippen molar-refractivity contribution in [3.8, 4) is 0 Å². The van der Waals surface area contributed by atoms with Crippen LogP contribution in [0.1, 0.15) is 34.8 Å². The average molecular weight is 428 g/mol. The lowest BCUT2D eigenvalue weighted by molar-refractivity contribution is 0.0986. The molecule has 0 fully saturated rings. The van der Waals surface area contributed by atoms with Crippen molar-refractivity contribution in [1.82, 2.24) is 9.88 Å². The van der Waals surface area contributed by atoms with Gasteiger partial charge in [0.05, 0.1) is 10.2 Å². The third kappa shape index (κ3) is 5.18. The lowest BCUT2D eigenvalue weighted by atomic mass is 10.1. The van der Waals surface area contributed by atoms with Crippen LogP contribution in [-0.2, 0) is 0 Å². The highest BCUT2D eigenvalue weighted by atomic mass is 32.2. The monoisotopic (exact) mass is 427 g/mol. The topological polar surface area (TPSA) is 36.4 Å². The van der Waals surface area contributed by atoms with E-state index in [4.69, 9.17) is 4.98 Å². The molecular weight excluding hydrogens is 398 g/mol. The number of aromatic nitrogens is 1. The molecule has 0 bridgehead atoms. The molecule has 6 heteroatoms. The van der Waals surface area contributed by atoms with E-state index in [0.717, 1.165) is 45.4 Å². The Balaban J connectivity index is 1.98. The lowest BCUT2D eigenvalue weighted by Gasteiger charge is -2.21. The maximum Gasteiger partial charge on any atom is 0.260 e. The molecule has 4 nitrogen and oxygen atoms in total. The molecule has 0 saturated heterocycles. The summed E-state index contributed by atoms with van der Waals surface area (Å²) in [6.07, 6.45) is 0.899. The molecule has 0 aliphatic carbocycles. The zero-order chi connectivity index (χ0) is 21.0. The third-order valence-corrected chi connectivity index (χ3v) is 6.88. The molecule has 29 heavy (non-hydrogen) atoms. The van der Waals surface area contributed by atoms with E-state index >= 15 is 0 Å². The van der Waals surface area contributed by atoms with Gasteiger partial charge in [-0.05, 0) is 76.0 Å². The first-order valence-corrected chi connectivity index (χ1v) is 11.8. The van der Waals surface area contributed by atoms with E-state index in [1.165, 1.54) is 10.3 Å². The van der Waals surface area contributed by atoms with Crippen LogP contribution in [0.15, 0.2) is 41.3 Å². The van der Waals surface area contributed by atoms with Crippen molar-refractivity contribution in [3.63, 3.8) is 0 Å². The second-order valence-corrected chi connectivity index (χ2v) is 9.76. The molecule has 0 N–H and O–H groups in total. The predicted octanol–water partition coefficient (Wildman–Crippen LogP) is 5.62. The maximum absolute atomic E-state index is 13.5. The first-order chi connectivity index (χ1) is 13.9. The summed E-state index contributed by atoms with van der Waals surface area (Å²) in [6, 6.07) is 12.2. The highest BCUT2D eigenvalue weighted by Gasteiger charge is 2.22. The number of nitrogens with zero attached hydrogens (tertiary/aromatic N) is 3. The Morgan fingerprint density at radius 1 is 1.10 bits per heavy atom. The molecule has 0 aliphatic rings. The molecule has 154 valence electrons. The van der Waals surface area contributed by atoms with E-state index in [-0.39, 0.29) is 5.91 Å². The summed E-state index contributed by atoms with van der Waals surface area (Å²) in [7, 11) is 4.12. The van der Waals surface area contributed by atoms with Gasteiger partial charge in [0.25, 0.3) is 5.91 Å². The SMILES string of the molecule is CCSc1cccc(C(=O)N(CCCN(C)C)c2nc3c(C)ccc(C)c3s2)c1. The molecule has 0 radical (unpaired) electrons. The number of hydrogen-bond acceptors (Lipinski definition) is 5. The predicted molar refractivity (Wildman–Crippen MR) is 127 cm³/mol. The highest BCUT2D eigenvalue weighted by Crippen LogP contribution is 2.34. The zero-order valence-electron chi connectivity index (χ0n) is 17.9. The summed E-state index contributed by atoms with van der Waals surface area (Å²) >= 11 is 3.37. The summed E-state index contributed by atoms with van der Waals surface area (Å²) in [4.78, 5) is 23.5. The first kappa shape index (κ1) is 21.8. The number of aryl methyl sites for hydroxylation is 2. The summed E-state index contributed by atoms with van der Waals surface area (Å²) in [5.41, 5.74) is 4.08. The Morgan fingerprint density at radius 3 is 2.55 bits per heavy atom. The van der Waals surface area contributed by atoms with Gasteiger partial charge in [0, 0.05) is 17.0 Å². The molecule has 2 aromatic carbocycles. The Morgan fingerprint density at radius 2 is 1.86 bits per heavy atom. The van der Waals surface area contributed by atoms with Crippen LogP contribution in [0.25, 0.3) is 10.2 Å². The van der Waals surface area contributed by atoms with Crippen LogP contribution in [0.4, 0.5) is 5.13 Å². The van der Waals surface area contributed by atoms with Crippen LogP contribution >= 0.6 is 23.1 Å². The number of carbonyl (C=O) groups excluding carboxylic acids is 1. The number of amides is 1. The molecule has 1 amide bonds. The van der Waals surface area contributed by atoms with Crippen molar-refractivity contribution in [2.45, 2.75) is 32.1 Å². The second-order valence-electron chi connectivity index (χ2n) is 7.45. The van der Waals surface area contributed by atoms with E-state index in [9.17, 15) is 4.79 Å². The van der Waals surface area contributed by atoms with Gasteiger partial charge in [-0.15, -0.1) is 11.8 Å². The average Bonchev–Trinajstić information content (AvgIpc) is 3.14. The summed E-state index contributed by atoms with van der Waals surface area (Å²) < 4.78 is 1.17. The molecule has 3 aromatic rings. The van der Waals surface area contributed by atoms with E-state index in [0.29, 0.717) is 6.54 Å². The van der Waals surface area contributed by atoms with Gasteiger partial charge >= 0.3 is 0 Å². The van der Waals surface area contributed by atoms with Crippen LogP contribution in [-0.4, -0.2) is 48.7 Å². The quantitative estimate of drug-likeness (QED) is 0.437. The van der Waals surface area contributed by atoms with Crippen LogP contribution in [0.5, 0.6) is 0 Å². The van der Waals surface area contributed by atoms with Gasteiger partial charge in [0.2, 0.25) is 0 Å². The van der Waals surface area contributed by atoms with Crippen LogP contribution < -0.4 is 4.90 Å². The number of benzene rings is 2. The summed E-state index contributed by atoms with van der Waals surface area (Å²) in [5.74, 6) is 1.01. The second kappa shape index (κ2) is 9.74. The number of hydrogen-bond donors (Lipinski definition) is 0. The highest BCUT2D eigenvalue weighted by molar-refractivity contribution is 7.99. The first-order valence-electron chi connectivity index (χ1n) is 9.97. The van der Waals surface area contributed by atoms with Crippen molar-refractivity contribution in [2.75, 3.05) is 37.8 Å². The lowest BCUT2D eigenvalue weighted by Crippen LogP contribution is -2.33. The molecular formula is C23H29N3OS2. The van der Waals surface area contributed by atoms with Gasteiger partial charge in [0.15, 0.2) is 5.13 Å². The van der Waals surface area contributed by atoms with Gasteiger partial charge < -0.3 is 4.90 Å². The molecule has 1 heterocycles. The molecule has 0 unspecified atom stereocenters. The van der Waals surface area contributed by atoms with Crippen molar-refractivity contribution in [2.24, 2.45) is 0 Å². The largest absolute Gasteiger partial charge is 0.309 e. The van der Waals surface area contributed by atoms with Crippen molar-refractivity contribution in [1.29, 1.82) is 0 Å². The number of thioether (sulfide) groups is 1. The molecule has 1 aromatic heterocycles. The summed E-state index contributed by atoms with van der Waals surface area (Å²) in [5, 5.41) is 0.787. The fourth-order valence-electron chi connectivity index (χ4n) is 3.23. The molecule has 3 rings (SSSR count). The van der Waals surface area contributed by atoms with E-state index in [2.05, 4.69) is 58.0 Å². The fourth-order valence-corrected chi connectivity index (χ4v) is 5.09. The van der Waals surface area contributed by atoms with Crippen molar-refractivity contribution < 1.29 is 4.79 Å². The normalized spacial score (nSPS) is 11.4. The van der Waals surface area contributed by atoms with Crippen molar-refractivity contribution in [3.05, 3.63) is 53.1 Å². The van der Waals surface area contributed by atoms with E-state index < -0.39 is 0 Å². The van der Waals surface area contributed by atoms with Crippen LogP contribution in [0, 0.1) is 13.8 Å². The van der Waals surface area contributed by atoms with Gasteiger partial charge in [-0.2, -0.15) is 0 Å². The molecule has 0 saturated carbocycles. The molecule has 0 aliphatic heterocycles. The molecule has 0 spiro atoms. The van der Waals surface area contributed by atoms with Gasteiger partial charge in [-0.1, -0.05) is 36.5 Å². The van der Waals surface area contributed by atoms with E-state index in [1.54, 1.807) is 23.1 Å². The van der Waals surface area contributed by atoms with Crippen LogP contribution in [0.3, 0.4) is 0 Å². The Labute approximate surface area is 181 Å². The third-order valence-electron chi connectivity index (χ3n) is 4.79. The van der Waals surface area contributed by atoms with Crippen LogP contribution in [0.2, 0.25) is 0 Å². The van der Waals surface area contributed by atoms with E-state index in [1.807, 2.05) is 23.1 Å². The minimum absolute atomic E-state index is 0.0247. The van der Waals surface area contributed by atoms with Crippen molar-refractivity contribution >= 4 is 44.4 Å². The number of rotatable bonds is 8. The number of carbonyl (C=O) groups is 1. The van der Waals surface area contributed by atoms with Gasteiger partial charge in [-0.25, -0.2) is 4.98 Å². The standard InChI is InChI=1S/C23H29N3OS2/c1-6-28-19-10-7-9-18(15-19)22(27)26(14-8-13-25(4)5)23-24-20-16(2)11-12-17(3)21(20)29-23/h7,9-12,15H,6,8,13-14H2,1-5H3. The Hall–Kier alpha value is -1.89. The molecule has 0 atom stereocenters. The summed E-state index contributed by atoms with van der Waals surface area (Å²) in [6.45, 7) is 7.89. The fraction of sp³-hybridized carbons (Fsp3) is 0.391. The number of fused-ring (bicyclic) bond motifs is 1. The maximum atomic E-state index is 13.5. The number of thiazole rings is 1. The van der Waals surface area contributed by atoms with Gasteiger partial charge in [0.1, 0.15) is 0 Å². The minimum Gasteiger partial charge on any atom is -0.309 e. The Bertz CT molecular complexity index is 958.